The maximum atomic E-state index is 2.74. The SMILES string of the molecule is CCCCCCCCCCCCCCCCCC[N+](CC)(CC)C(CC)N(C)CCCCCCCCCCCC.[Br-]. The molecule has 0 bridgehead atoms. The minimum Gasteiger partial charge on any atom is -1.00 e. The first kappa shape index (κ1) is 43.5. The molecule has 0 spiro atoms. The Morgan fingerprint density at radius 3 is 1.00 bits per heavy atom. The molecule has 0 saturated carbocycles. The van der Waals surface area contributed by atoms with Crippen molar-refractivity contribution >= 4 is 0 Å². The maximum absolute atomic E-state index is 2.74. The van der Waals surface area contributed by atoms with E-state index in [1.54, 1.807) is 0 Å². The fraction of sp³-hybridized carbons (Fsp3) is 1.00. The van der Waals surface area contributed by atoms with Gasteiger partial charge in [0.15, 0.2) is 0 Å². The minimum atomic E-state index is 0. The second-order valence-corrected chi connectivity index (χ2v) is 13.4. The number of halogens is 1. The lowest BCUT2D eigenvalue weighted by Crippen LogP contribution is -3.00. The molecule has 1 atom stereocenters. The van der Waals surface area contributed by atoms with Crippen LogP contribution in [0.4, 0.5) is 0 Å². The van der Waals surface area contributed by atoms with Crippen LogP contribution in [0, 0.1) is 0 Å². The summed E-state index contributed by atoms with van der Waals surface area (Å²) < 4.78 is 1.31. The molecule has 41 heavy (non-hydrogen) atoms. The Kier molecular flexibility index (Phi) is 35.3. The van der Waals surface area contributed by atoms with Gasteiger partial charge in [-0.3, -0.25) is 4.90 Å². The van der Waals surface area contributed by atoms with Gasteiger partial charge in [-0.05, 0) is 40.2 Å². The van der Waals surface area contributed by atoms with E-state index in [0.29, 0.717) is 6.17 Å². The zero-order chi connectivity index (χ0) is 29.6. The van der Waals surface area contributed by atoms with Gasteiger partial charge in [0, 0.05) is 13.0 Å². The van der Waals surface area contributed by atoms with E-state index in [1.807, 2.05) is 0 Å². The molecule has 0 amide bonds. The Bertz CT molecular complexity index is 479. The van der Waals surface area contributed by atoms with Crippen LogP contribution in [-0.4, -0.2) is 48.8 Å². The molecule has 0 N–H and O–H groups in total. The smallest absolute Gasteiger partial charge is 0.144 e. The van der Waals surface area contributed by atoms with Crippen LogP contribution < -0.4 is 17.0 Å². The average molecular weight is 646 g/mol. The number of nitrogens with zero attached hydrogens (tertiary/aromatic N) is 2. The van der Waals surface area contributed by atoms with Crippen LogP contribution in [0.5, 0.6) is 0 Å². The van der Waals surface area contributed by atoms with Gasteiger partial charge in [-0.25, -0.2) is 0 Å². The van der Waals surface area contributed by atoms with E-state index in [-0.39, 0.29) is 17.0 Å². The second-order valence-electron chi connectivity index (χ2n) is 13.4. The van der Waals surface area contributed by atoms with E-state index in [9.17, 15) is 0 Å². The third-order valence-electron chi connectivity index (χ3n) is 10.1. The van der Waals surface area contributed by atoms with Crippen LogP contribution in [0.25, 0.3) is 0 Å². The molecule has 0 aliphatic heterocycles. The molecule has 3 heteroatoms. The van der Waals surface area contributed by atoms with Gasteiger partial charge in [0.05, 0.1) is 19.6 Å². The normalized spacial score (nSPS) is 12.7. The van der Waals surface area contributed by atoms with Gasteiger partial charge < -0.3 is 21.5 Å². The average Bonchev–Trinajstić information content (AvgIpc) is 2.97. The van der Waals surface area contributed by atoms with Crippen molar-refractivity contribution in [2.45, 2.75) is 214 Å². The lowest BCUT2D eigenvalue weighted by molar-refractivity contribution is -0.959. The first-order valence-electron chi connectivity index (χ1n) is 19.2. The molecule has 0 saturated heterocycles. The Balaban J connectivity index is 0. The van der Waals surface area contributed by atoms with Crippen molar-refractivity contribution in [1.82, 2.24) is 4.90 Å². The Hall–Kier alpha value is 0.400. The summed E-state index contributed by atoms with van der Waals surface area (Å²) in [4.78, 5) is 2.74. The maximum Gasteiger partial charge on any atom is 0.144 e. The van der Waals surface area contributed by atoms with Crippen LogP contribution in [0.1, 0.15) is 208 Å². The lowest BCUT2D eigenvalue weighted by atomic mass is 10.0. The monoisotopic (exact) mass is 645 g/mol. The zero-order valence-electron chi connectivity index (χ0n) is 29.8. The molecule has 0 fully saturated rings. The molecule has 0 heterocycles. The molecule has 0 radical (unpaired) electrons. The van der Waals surface area contributed by atoms with Gasteiger partial charge in [-0.15, -0.1) is 0 Å². The first-order valence-corrected chi connectivity index (χ1v) is 19.2. The Morgan fingerprint density at radius 1 is 0.415 bits per heavy atom. The van der Waals surface area contributed by atoms with Crippen LogP contribution in [-0.2, 0) is 0 Å². The number of quaternary nitrogens is 1. The molecule has 0 aliphatic rings. The van der Waals surface area contributed by atoms with E-state index in [2.05, 4.69) is 46.6 Å². The highest BCUT2D eigenvalue weighted by Gasteiger charge is 2.34. The molecule has 2 nitrogen and oxygen atoms in total. The van der Waals surface area contributed by atoms with Gasteiger partial charge in [0.2, 0.25) is 0 Å². The van der Waals surface area contributed by atoms with Crippen LogP contribution >= 0.6 is 0 Å². The predicted octanol–water partition coefficient (Wildman–Crippen LogP) is 9.70. The lowest BCUT2D eigenvalue weighted by Gasteiger charge is -2.47. The van der Waals surface area contributed by atoms with E-state index in [0.717, 1.165) is 0 Å². The summed E-state index contributed by atoms with van der Waals surface area (Å²) in [6, 6.07) is 0. The summed E-state index contributed by atoms with van der Waals surface area (Å²) in [5.41, 5.74) is 0. The fourth-order valence-corrected chi connectivity index (χ4v) is 7.20. The van der Waals surface area contributed by atoms with Crippen molar-refractivity contribution in [3.8, 4) is 0 Å². The molecule has 1 unspecified atom stereocenters. The van der Waals surface area contributed by atoms with E-state index >= 15 is 0 Å². The van der Waals surface area contributed by atoms with Crippen molar-refractivity contribution in [1.29, 1.82) is 0 Å². The quantitative estimate of drug-likeness (QED) is 0.0390. The van der Waals surface area contributed by atoms with Crippen molar-refractivity contribution in [3.05, 3.63) is 0 Å². The molecule has 0 aromatic carbocycles. The fourth-order valence-electron chi connectivity index (χ4n) is 7.20. The van der Waals surface area contributed by atoms with Crippen LogP contribution in [0.15, 0.2) is 0 Å². The van der Waals surface area contributed by atoms with Gasteiger partial charge in [0.1, 0.15) is 6.17 Å². The van der Waals surface area contributed by atoms with Gasteiger partial charge in [-0.2, -0.15) is 0 Å². The zero-order valence-corrected chi connectivity index (χ0v) is 31.4. The number of rotatable bonds is 33. The van der Waals surface area contributed by atoms with Crippen molar-refractivity contribution in [3.63, 3.8) is 0 Å². The third-order valence-corrected chi connectivity index (χ3v) is 10.1. The van der Waals surface area contributed by atoms with Crippen LogP contribution in [0.3, 0.4) is 0 Å². The topological polar surface area (TPSA) is 3.24 Å². The summed E-state index contributed by atoms with van der Waals surface area (Å²) in [5.74, 6) is 0. The summed E-state index contributed by atoms with van der Waals surface area (Å²) >= 11 is 0. The van der Waals surface area contributed by atoms with Crippen molar-refractivity contribution in [2.75, 3.05) is 33.2 Å². The van der Waals surface area contributed by atoms with E-state index in [4.69, 9.17) is 0 Å². The highest BCUT2D eigenvalue weighted by molar-refractivity contribution is 4.62. The summed E-state index contributed by atoms with van der Waals surface area (Å²) in [6.07, 6.45) is 39.7. The third kappa shape index (κ3) is 24.4. The minimum absolute atomic E-state index is 0. The van der Waals surface area contributed by atoms with E-state index in [1.165, 1.54) is 204 Å². The summed E-state index contributed by atoms with van der Waals surface area (Å²) in [5, 5.41) is 0. The standard InChI is InChI=1S/C38H81N2.BrH/c1-7-12-14-16-18-20-22-23-24-25-26-27-29-31-33-35-37-40(10-4,11-5)38(9-3)39(6)36-34-32-30-28-21-19-17-15-13-8-2;/h38H,7-37H2,1-6H3;1H/q+1;/p-1. The molecular formula is C38H81BrN2. The van der Waals surface area contributed by atoms with Crippen LogP contribution in [0.2, 0.25) is 0 Å². The molecule has 0 aromatic rings. The van der Waals surface area contributed by atoms with E-state index < -0.39 is 0 Å². The second kappa shape index (κ2) is 33.3. The highest BCUT2D eigenvalue weighted by atomic mass is 79.9. The molecule has 0 rings (SSSR count). The number of unbranched alkanes of at least 4 members (excludes halogenated alkanes) is 24. The Labute approximate surface area is 272 Å². The number of hydrogen-bond donors (Lipinski definition) is 0. The largest absolute Gasteiger partial charge is 1.00 e. The number of hydrogen-bond acceptors (Lipinski definition) is 1. The van der Waals surface area contributed by atoms with Gasteiger partial charge in [0.25, 0.3) is 0 Å². The van der Waals surface area contributed by atoms with Gasteiger partial charge >= 0.3 is 0 Å². The highest BCUT2D eigenvalue weighted by Crippen LogP contribution is 2.23. The molecular weight excluding hydrogens is 564 g/mol. The predicted molar refractivity (Wildman–Crippen MR) is 184 cm³/mol. The summed E-state index contributed by atoms with van der Waals surface area (Å²) in [6.45, 7) is 17.2. The van der Waals surface area contributed by atoms with Crippen molar-refractivity contribution < 1.29 is 21.5 Å². The molecule has 0 aromatic heterocycles. The summed E-state index contributed by atoms with van der Waals surface area (Å²) in [7, 11) is 2.42. The molecule has 0 aliphatic carbocycles. The van der Waals surface area contributed by atoms with Gasteiger partial charge in [-0.1, -0.05) is 168 Å². The van der Waals surface area contributed by atoms with Crippen molar-refractivity contribution in [2.24, 2.45) is 0 Å². The molecule has 250 valence electrons. The first-order chi connectivity index (χ1) is 19.6. The Morgan fingerprint density at radius 2 is 0.707 bits per heavy atom.